The Morgan fingerprint density at radius 3 is 1.14 bits per heavy atom. The smallest absolute Gasteiger partial charge is 0.00399 e. The molecule has 0 spiro atoms. The zero-order valence-electron chi connectivity index (χ0n) is 13.3. The number of thiol groups is 1. The van der Waals surface area contributed by atoms with Crippen molar-refractivity contribution in [1.29, 1.82) is 0 Å². The highest BCUT2D eigenvalue weighted by atomic mass is 32.1. The SMILES string of the molecule is CC.Sc1ccccc1.c1ccc(Cc2ccccc2)cc1. The largest absolute Gasteiger partial charge is 0.143 e. The minimum atomic E-state index is 1.02. The molecule has 3 rings (SSSR count). The van der Waals surface area contributed by atoms with Crippen molar-refractivity contribution in [3.8, 4) is 0 Å². The van der Waals surface area contributed by atoms with Crippen molar-refractivity contribution in [1.82, 2.24) is 0 Å². The fourth-order valence-corrected chi connectivity index (χ4v) is 2.03. The Hall–Kier alpha value is -1.99. The molecule has 0 atom stereocenters. The molecule has 0 N–H and O–H groups in total. The van der Waals surface area contributed by atoms with Gasteiger partial charge in [0.2, 0.25) is 0 Å². The van der Waals surface area contributed by atoms with Crippen molar-refractivity contribution in [2.75, 3.05) is 0 Å². The molecule has 0 aliphatic heterocycles. The van der Waals surface area contributed by atoms with Crippen molar-refractivity contribution in [3.63, 3.8) is 0 Å². The van der Waals surface area contributed by atoms with Crippen LogP contribution in [0.25, 0.3) is 0 Å². The highest BCUT2D eigenvalue weighted by molar-refractivity contribution is 7.80. The second-order valence-electron chi connectivity index (χ2n) is 4.48. The Bertz CT molecular complexity index is 551. The molecule has 22 heavy (non-hydrogen) atoms. The van der Waals surface area contributed by atoms with Crippen LogP contribution in [0.2, 0.25) is 0 Å². The molecule has 0 aliphatic carbocycles. The molecule has 0 bridgehead atoms. The van der Waals surface area contributed by atoms with Gasteiger partial charge >= 0.3 is 0 Å². The molecule has 3 aromatic rings. The van der Waals surface area contributed by atoms with Crippen LogP contribution in [0, 0.1) is 0 Å². The number of benzene rings is 3. The first-order chi connectivity index (χ1) is 10.8. The molecular weight excluding hydrogens is 284 g/mol. The van der Waals surface area contributed by atoms with Crippen molar-refractivity contribution in [2.24, 2.45) is 0 Å². The Morgan fingerprint density at radius 1 is 0.545 bits per heavy atom. The maximum Gasteiger partial charge on any atom is 0.00399 e. The molecule has 0 saturated heterocycles. The van der Waals surface area contributed by atoms with Gasteiger partial charge in [0.25, 0.3) is 0 Å². The first kappa shape index (κ1) is 18.1. The van der Waals surface area contributed by atoms with Gasteiger partial charge in [-0.15, -0.1) is 12.6 Å². The zero-order valence-corrected chi connectivity index (χ0v) is 14.2. The third kappa shape index (κ3) is 7.70. The summed E-state index contributed by atoms with van der Waals surface area (Å²) in [7, 11) is 0. The van der Waals surface area contributed by atoms with Crippen LogP contribution in [0.15, 0.2) is 95.9 Å². The van der Waals surface area contributed by atoms with Crippen LogP contribution in [0.3, 0.4) is 0 Å². The molecule has 1 heteroatoms. The van der Waals surface area contributed by atoms with E-state index in [1.165, 1.54) is 11.1 Å². The molecule has 0 saturated carbocycles. The molecule has 114 valence electrons. The lowest BCUT2D eigenvalue weighted by Gasteiger charge is -2.00. The molecule has 0 amide bonds. The van der Waals surface area contributed by atoms with Gasteiger partial charge < -0.3 is 0 Å². The normalized spacial score (nSPS) is 8.86. The van der Waals surface area contributed by atoms with E-state index in [9.17, 15) is 0 Å². The van der Waals surface area contributed by atoms with Crippen molar-refractivity contribution in [2.45, 2.75) is 25.2 Å². The molecule has 0 unspecified atom stereocenters. The molecule has 3 aromatic carbocycles. The molecule has 0 aliphatic rings. The summed E-state index contributed by atoms with van der Waals surface area (Å²) in [4.78, 5) is 1.02. The van der Waals surface area contributed by atoms with E-state index in [-0.39, 0.29) is 0 Å². The fourth-order valence-electron chi connectivity index (χ4n) is 1.86. The summed E-state index contributed by atoms with van der Waals surface area (Å²) in [5, 5.41) is 0. The summed E-state index contributed by atoms with van der Waals surface area (Å²) < 4.78 is 0. The van der Waals surface area contributed by atoms with Gasteiger partial charge in [-0.2, -0.15) is 0 Å². The Kier molecular flexibility index (Phi) is 9.56. The summed E-state index contributed by atoms with van der Waals surface area (Å²) in [6, 6.07) is 30.9. The van der Waals surface area contributed by atoms with Crippen LogP contribution < -0.4 is 0 Å². The molecule has 0 nitrogen and oxygen atoms in total. The lowest BCUT2D eigenvalue weighted by atomic mass is 10.1. The first-order valence-electron chi connectivity index (χ1n) is 7.66. The Morgan fingerprint density at radius 2 is 0.864 bits per heavy atom. The van der Waals surface area contributed by atoms with Crippen molar-refractivity contribution >= 4 is 12.6 Å². The van der Waals surface area contributed by atoms with Gasteiger partial charge in [-0.25, -0.2) is 0 Å². The Labute approximate surface area is 140 Å². The van der Waals surface area contributed by atoms with E-state index in [4.69, 9.17) is 0 Å². The van der Waals surface area contributed by atoms with Crippen LogP contribution in [0.4, 0.5) is 0 Å². The standard InChI is InChI=1S/C13H12.C6H6S.C2H6/c1-3-7-12(8-4-1)11-13-9-5-2-6-10-13;7-6-4-2-1-3-5-6;1-2/h1-10H,11H2;1-5,7H;1-2H3. The summed E-state index contributed by atoms with van der Waals surface area (Å²) >= 11 is 4.08. The maximum absolute atomic E-state index is 4.08. The van der Waals surface area contributed by atoms with Crippen LogP contribution in [-0.4, -0.2) is 0 Å². The maximum atomic E-state index is 4.08. The summed E-state index contributed by atoms with van der Waals surface area (Å²) in [6.07, 6.45) is 1.03. The number of hydrogen-bond donors (Lipinski definition) is 1. The van der Waals surface area contributed by atoms with E-state index in [0.29, 0.717) is 0 Å². The summed E-state index contributed by atoms with van der Waals surface area (Å²) in [6.45, 7) is 4.00. The summed E-state index contributed by atoms with van der Waals surface area (Å²) in [5.41, 5.74) is 2.74. The van der Waals surface area contributed by atoms with Crippen LogP contribution in [-0.2, 0) is 6.42 Å². The van der Waals surface area contributed by atoms with Crippen LogP contribution in [0.5, 0.6) is 0 Å². The second-order valence-corrected chi connectivity index (χ2v) is 5.00. The van der Waals surface area contributed by atoms with Gasteiger partial charge in [0.15, 0.2) is 0 Å². The third-order valence-corrected chi connectivity index (χ3v) is 3.15. The monoisotopic (exact) mass is 308 g/mol. The molecule has 0 aromatic heterocycles. The Balaban J connectivity index is 0.000000228. The first-order valence-corrected chi connectivity index (χ1v) is 8.11. The molecule has 0 radical (unpaired) electrons. The average Bonchev–Trinajstić information content (AvgIpc) is 2.60. The van der Waals surface area contributed by atoms with Crippen molar-refractivity contribution in [3.05, 3.63) is 102 Å². The van der Waals surface area contributed by atoms with Crippen LogP contribution in [0.1, 0.15) is 25.0 Å². The number of rotatable bonds is 2. The van der Waals surface area contributed by atoms with E-state index in [1.807, 2.05) is 44.2 Å². The zero-order chi connectivity index (χ0) is 16.0. The van der Waals surface area contributed by atoms with Gasteiger partial charge in [0.1, 0.15) is 0 Å². The van der Waals surface area contributed by atoms with Gasteiger partial charge in [-0.1, -0.05) is 92.7 Å². The topological polar surface area (TPSA) is 0 Å². The fraction of sp³-hybridized carbons (Fsp3) is 0.143. The van der Waals surface area contributed by atoms with E-state index in [0.717, 1.165) is 11.3 Å². The minimum absolute atomic E-state index is 1.02. The molecule has 0 heterocycles. The highest BCUT2D eigenvalue weighted by Gasteiger charge is 1.92. The van der Waals surface area contributed by atoms with Gasteiger partial charge in [0, 0.05) is 4.90 Å². The van der Waals surface area contributed by atoms with Crippen molar-refractivity contribution < 1.29 is 0 Å². The van der Waals surface area contributed by atoms with Gasteiger partial charge in [-0.05, 0) is 29.7 Å². The number of hydrogen-bond acceptors (Lipinski definition) is 1. The van der Waals surface area contributed by atoms with E-state index >= 15 is 0 Å². The lowest BCUT2D eigenvalue weighted by Crippen LogP contribution is -1.85. The van der Waals surface area contributed by atoms with Gasteiger partial charge in [0.05, 0.1) is 0 Å². The minimum Gasteiger partial charge on any atom is -0.143 e. The van der Waals surface area contributed by atoms with E-state index in [2.05, 4.69) is 73.3 Å². The second kappa shape index (κ2) is 11.6. The van der Waals surface area contributed by atoms with Gasteiger partial charge in [-0.3, -0.25) is 0 Å². The predicted molar refractivity (Wildman–Crippen MR) is 101 cm³/mol. The summed E-state index contributed by atoms with van der Waals surface area (Å²) in [5.74, 6) is 0. The lowest BCUT2D eigenvalue weighted by molar-refractivity contribution is 1.19. The highest BCUT2D eigenvalue weighted by Crippen LogP contribution is 2.07. The van der Waals surface area contributed by atoms with Crippen LogP contribution >= 0.6 is 12.6 Å². The van der Waals surface area contributed by atoms with E-state index in [1.54, 1.807) is 0 Å². The molecular formula is C21H24S. The predicted octanol–water partition coefficient (Wildman–Crippen LogP) is 6.28. The average molecular weight is 308 g/mol. The third-order valence-electron chi connectivity index (χ3n) is 2.85. The molecule has 0 fully saturated rings. The quantitative estimate of drug-likeness (QED) is 0.529. The van der Waals surface area contributed by atoms with E-state index < -0.39 is 0 Å².